The number of halogens is 2. The van der Waals surface area contributed by atoms with E-state index in [1.165, 1.54) is 11.8 Å². The summed E-state index contributed by atoms with van der Waals surface area (Å²) in [6.07, 6.45) is 1.10. The molecule has 2 heterocycles. The molecule has 0 aliphatic carbocycles. The van der Waals surface area contributed by atoms with E-state index in [0.717, 1.165) is 19.3 Å². The van der Waals surface area contributed by atoms with Crippen LogP contribution in [0.4, 0.5) is 4.39 Å². The third-order valence-electron chi connectivity index (χ3n) is 1.70. The lowest BCUT2D eigenvalue weighted by Crippen LogP contribution is -2.44. The lowest BCUT2D eigenvalue weighted by atomic mass is 10.3. The first-order valence-electron chi connectivity index (χ1n) is 3.81. The molecule has 70 valence electrons. The zero-order valence-electron chi connectivity index (χ0n) is 6.63. The van der Waals surface area contributed by atoms with Gasteiger partial charge in [-0.15, -0.1) is 0 Å². The van der Waals surface area contributed by atoms with Gasteiger partial charge in [-0.3, -0.25) is 0 Å². The fraction of sp³-hybridized carbons (Fsp3) is 0.429. The fourth-order valence-electron chi connectivity index (χ4n) is 0.917. The number of hydrogen-bond acceptors (Lipinski definition) is 4. The van der Waals surface area contributed by atoms with Crippen LogP contribution in [0.25, 0.3) is 0 Å². The van der Waals surface area contributed by atoms with E-state index in [4.69, 9.17) is 11.6 Å². The number of rotatable bonds is 2. The van der Waals surface area contributed by atoms with Crippen LogP contribution in [0.15, 0.2) is 11.2 Å². The Morgan fingerprint density at radius 3 is 3.00 bits per heavy atom. The molecule has 1 aliphatic heterocycles. The highest BCUT2D eigenvalue weighted by Crippen LogP contribution is 2.26. The Morgan fingerprint density at radius 2 is 2.38 bits per heavy atom. The molecule has 0 amide bonds. The molecule has 2 rings (SSSR count). The Morgan fingerprint density at radius 1 is 1.62 bits per heavy atom. The normalized spacial score (nSPS) is 17.1. The van der Waals surface area contributed by atoms with E-state index in [0.29, 0.717) is 10.3 Å². The van der Waals surface area contributed by atoms with Gasteiger partial charge < -0.3 is 5.32 Å². The van der Waals surface area contributed by atoms with Crippen molar-refractivity contribution in [3.63, 3.8) is 0 Å². The average Bonchev–Trinajstić information content (AvgIpc) is 2.03. The molecule has 3 nitrogen and oxygen atoms in total. The van der Waals surface area contributed by atoms with Gasteiger partial charge in [-0.2, -0.15) is 0 Å². The monoisotopic (exact) mass is 219 g/mol. The predicted molar refractivity (Wildman–Crippen MR) is 49.5 cm³/mol. The molecule has 1 aliphatic rings. The minimum absolute atomic E-state index is 0.0937. The first-order chi connectivity index (χ1) is 6.25. The van der Waals surface area contributed by atoms with Gasteiger partial charge in [0.1, 0.15) is 5.03 Å². The van der Waals surface area contributed by atoms with Crippen molar-refractivity contribution in [1.29, 1.82) is 0 Å². The van der Waals surface area contributed by atoms with Crippen LogP contribution in [0.5, 0.6) is 0 Å². The van der Waals surface area contributed by atoms with Crippen molar-refractivity contribution < 1.29 is 4.39 Å². The fourth-order valence-corrected chi connectivity index (χ4v) is 2.12. The topological polar surface area (TPSA) is 37.8 Å². The molecule has 13 heavy (non-hydrogen) atoms. The van der Waals surface area contributed by atoms with Crippen LogP contribution in [0.2, 0.25) is 5.28 Å². The summed E-state index contributed by atoms with van der Waals surface area (Å²) >= 11 is 6.94. The lowest BCUT2D eigenvalue weighted by molar-refractivity contribution is 0.537. The highest BCUT2D eigenvalue weighted by atomic mass is 35.5. The van der Waals surface area contributed by atoms with E-state index in [-0.39, 0.29) is 5.28 Å². The second kappa shape index (κ2) is 3.77. The van der Waals surface area contributed by atoms with Crippen LogP contribution in [0.3, 0.4) is 0 Å². The minimum atomic E-state index is -0.402. The van der Waals surface area contributed by atoms with Gasteiger partial charge in [0.15, 0.2) is 5.82 Å². The average molecular weight is 220 g/mol. The highest BCUT2D eigenvalue weighted by molar-refractivity contribution is 8.00. The molecular weight excluding hydrogens is 213 g/mol. The molecule has 1 aromatic heterocycles. The maximum atomic E-state index is 13.1. The molecule has 1 aromatic rings. The molecule has 0 radical (unpaired) electrons. The van der Waals surface area contributed by atoms with E-state index in [2.05, 4.69) is 15.3 Å². The van der Waals surface area contributed by atoms with Crippen LogP contribution in [0.1, 0.15) is 0 Å². The molecule has 1 saturated heterocycles. The van der Waals surface area contributed by atoms with E-state index in [9.17, 15) is 4.39 Å². The second-order valence-corrected chi connectivity index (χ2v) is 4.32. The Kier molecular flexibility index (Phi) is 2.66. The second-order valence-electron chi connectivity index (χ2n) is 2.69. The first-order valence-corrected chi connectivity index (χ1v) is 5.07. The molecule has 1 N–H and O–H groups in total. The molecule has 0 saturated carbocycles. The van der Waals surface area contributed by atoms with Crippen LogP contribution < -0.4 is 5.32 Å². The largest absolute Gasteiger partial charge is 0.314 e. The van der Waals surface area contributed by atoms with Gasteiger partial charge in [0, 0.05) is 18.3 Å². The summed E-state index contributed by atoms with van der Waals surface area (Å²) in [6, 6.07) is 0. The molecule has 1 fully saturated rings. The molecule has 0 atom stereocenters. The Labute approximate surface area is 84.1 Å². The van der Waals surface area contributed by atoms with Crippen molar-refractivity contribution in [3.05, 3.63) is 17.3 Å². The summed E-state index contributed by atoms with van der Waals surface area (Å²) < 4.78 is 13.1. The summed E-state index contributed by atoms with van der Waals surface area (Å²) in [4.78, 5) is 7.35. The first kappa shape index (κ1) is 9.18. The molecule has 6 heteroatoms. The van der Waals surface area contributed by atoms with E-state index in [1.807, 2.05) is 0 Å². The van der Waals surface area contributed by atoms with Crippen LogP contribution in [-0.2, 0) is 0 Å². The summed E-state index contributed by atoms with van der Waals surface area (Å²) in [6.45, 7) is 1.79. The molecule has 0 unspecified atom stereocenters. The van der Waals surface area contributed by atoms with Gasteiger partial charge in [0.05, 0.1) is 6.20 Å². The van der Waals surface area contributed by atoms with Crippen LogP contribution >= 0.6 is 23.4 Å². The third kappa shape index (κ3) is 2.10. The van der Waals surface area contributed by atoms with Crippen molar-refractivity contribution in [1.82, 2.24) is 15.3 Å². The number of aromatic nitrogens is 2. The number of nitrogens with one attached hydrogen (secondary N) is 1. The Balaban J connectivity index is 2.13. The van der Waals surface area contributed by atoms with Gasteiger partial charge in [-0.05, 0) is 11.6 Å². The van der Waals surface area contributed by atoms with E-state index >= 15 is 0 Å². The SMILES string of the molecule is Fc1cnc(Cl)nc1SC1CNC1. The summed E-state index contributed by atoms with van der Waals surface area (Å²) in [5, 5.41) is 3.93. The summed E-state index contributed by atoms with van der Waals surface area (Å²) in [7, 11) is 0. The summed E-state index contributed by atoms with van der Waals surface area (Å²) in [5.74, 6) is -0.402. The molecule has 0 aromatic carbocycles. The van der Waals surface area contributed by atoms with E-state index < -0.39 is 5.82 Å². The predicted octanol–water partition coefficient (Wildman–Crippen LogP) is 1.33. The third-order valence-corrected chi connectivity index (χ3v) is 3.06. The van der Waals surface area contributed by atoms with Gasteiger partial charge in [0.2, 0.25) is 5.28 Å². The highest BCUT2D eigenvalue weighted by Gasteiger charge is 2.20. The molecule has 0 bridgehead atoms. The lowest BCUT2D eigenvalue weighted by Gasteiger charge is -2.25. The number of nitrogens with zero attached hydrogens (tertiary/aromatic N) is 2. The molecule has 0 spiro atoms. The number of hydrogen-bond donors (Lipinski definition) is 1. The quantitative estimate of drug-likeness (QED) is 0.602. The number of thioether (sulfide) groups is 1. The van der Waals surface area contributed by atoms with E-state index in [1.54, 1.807) is 0 Å². The molecular formula is C7H7ClFN3S. The van der Waals surface area contributed by atoms with Crippen molar-refractivity contribution in [2.24, 2.45) is 0 Å². The Hall–Kier alpha value is -0.390. The van der Waals surface area contributed by atoms with Gasteiger partial charge in [-0.25, -0.2) is 14.4 Å². The zero-order valence-corrected chi connectivity index (χ0v) is 8.20. The standard InChI is InChI=1S/C7H7ClFN3S/c8-7-11-3-5(9)6(12-7)13-4-1-10-2-4/h3-4,10H,1-2H2. The maximum Gasteiger partial charge on any atom is 0.223 e. The van der Waals surface area contributed by atoms with Crippen molar-refractivity contribution in [2.45, 2.75) is 10.3 Å². The van der Waals surface area contributed by atoms with Crippen molar-refractivity contribution >= 4 is 23.4 Å². The van der Waals surface area contributed by atoms with Crippen LogP contribution in [-0.4, -0.2) is 28.3 Å². The van der Waals surface area contributed by atoms with Gasteiger partial charge in [0.25, 0.3) is 0 Å². The Bertz CT molecular complexity index is 319. The van der Waals surface area contributed by atoms with Crippen LogP contribution in [0, 0.1) is 5.82 Å². The smallest absolute Gasteiger partial charge is 0.223 e. The van der Waals surface area contributed by atoms with Gasteiger partial charge >= 0.3 is 0 Å². The minimum Gasteiger partial charge on any atom is -0.314 e. The van der Waals surface area contributed by atoms with Crippen molar-refractivity contribution in [3.8, 4) is 0 Å². The van der Waals surface area contributed by atoms with Gasteiger partial charge in [-0.1, -0.05) is 11.8 Å². The van der Waals surface area contributed by atoms with Crippen molar-refractivity contribution in [2.75, 3.05) is 13.1 Å². The maximum absolute atomic E-state index is 13.1. The summed E-state index contributed by atoms with van der Waals surface area (Å²) in [5.41, 5.74) is 0. The zero-order chi connectivity index (χ0) is 9.26.